The van der Waals surface area contributed by atoms with Crippen LogP contribution in [0.15, 0.2) is 36.5 Å². The minimum atomic E-state index is 0.960. The molecule has 1 aromatic heterocycles. The lowest BCUT2D eigenvalue weighted by Gasteiger charge is -2.02. The molecule has 0 aliphatic carbocycles. The molecule has 0 aliphatic rings. The van der Waals surface area contributed by atoms with E-state index in [-0.39, 0.29) is 0 Å². The van der Waals surface area contributed by atoms with Crippen LogP contribution in [-0.2, 0) is 6.54 Å². The quantitative estimate of drug-likeness (QED) is 0.846. The first-order valence-corrected chi connectivity index (χ1v) is 5.55. The smallest absolute Gasteiger partial charge is 0.106 e. The first-order valence-electron chi connectivity index (χ1n) is 5.55. The molecular weight excluding hydrogens is 198 g/mol. The number of nitrogens with zero attached hydrogens (tertiary/aromatic N) is 2. The lowest BCUT2D eigenvalue weighted by atomic mass is 10.2. The average molecular weight is 215 g/mol. The van der Waals surface area contributed by atoms with Crippen molar-refractivity contribution < 1.29 is 0 Å². The summed E-state index contributed by atoms with van der Waals surface area (Å²) in [4.78, 5) is 4.57. The summed E-state index contributed by atoms with van der Waals surface area (Å²) in [5.74, 6) is 1.06. The first kappa shape index (κ1) is 10.9. The van der Waals surface area contributed by atoms with Gasteiger partial charge in [0.1, 0.15) is 5.82 Å². The van der Waals surface area contributed by atoms with Crippen LogP contribution in [0.25, 0.3) is 11.3 Å². The molecule has 2 rings (SSSR count). The van der Waals surface area contributed by atoms with Gasteiger partial charge in [0.15, 0.2) is 0 Å². The van der Waals surface area contributed by atoms with Gasteiger partial charge in [-0.15, -0.1) is 0 Å². The Morgan fingerprint density at radius 3 is 2.69 bits per heavy atom. The third-order valence-corrected chi connectivity index (χ3v) is 2.65. The lowest BCUT2D eigenvalue weighted by molar-refractivity contribution is 0.629. The van der Waals surface area contributed by atoms with Crippen LogP contribution in [0.3, 0.4) is 0 Å². The van der Waals surface area contributed by atoms with Crippen molar-refractivity contribution in [1.29, 1.82) is 0 Å². The summed E-state index contributed by atoms with van der Waals surface area (Å²) < 4.78 is 2.18. The van der Waals surface area contributed by atoms with E-state index in [1.165, 1.54) is 5.56 Å². The van der Waals surface area contributed by atoms with Crippen molar-refractivity contribution in [3.05, 3.63) is 42.4 Å². The van der Waals surface area contributed by atoms with Crippen molar-refractivity contribution in [3.63, 3.8) is 0 Å². The average Bonchev–Trinajstić information content (AvgIpc) is 2.69. The molecule has 0 radical (unpaired) electrons. The summed E-state index contributed by atoms with van der Waals surface area (Å²) >= 11 is 0. The van der Waals surface area contributed by atoms with E-state index in [1.54, 1.807) is 0 Å². The van der Waals surface area contributed by atoms with Gasteiger partial charge in [-0.25, -0.2) is 4.98 Å². The summed E-state index contributed by atoms with van der Waals surface area (Å²) in [6, 6.07) is 10.3. The summed E-state index contributed by atoms with van der Waals surface area (Å²) in [6.45, 7) is 3.97. The SMILES string of the molecule is CNCCn1cc(-c2ccccc2)nc1C. The monoisotopic (exact) mass is 215 g/mol. The minimum absolute atomic E-state index is 0.960. The summed E-state index contributed by atoms with van der Waals surface area (Å²) in [7, 11) is 1.96. The Morgan fingerprint density at radius 1 is 1.25 bits per heavy atom. The van der Waals surface area contributed by atoms with E-state index >= 15 is 0 Å². The van der Waals surface area contributed by atoms with Gasteiger partial charge in [-0.1, -0.05) is 30.3 Å². The molecule has 0 aliphatic heterocycles. The number of aromatic nitrogens is 2. The van der Waals surface area contributed by atoms with Crippen molar-refractivity contribution in [2.45, 2.75) is 13.5 Å². The van der Waals surface area contributed by atoms with Crippen LogP contribution in [0.1, 0.15) is 5.82 Å². The predicted molar refractivity (Wildman–Crippen MR) is 66.3 cm³/mol. The number of aryl methyl sites for hydroxylation is 1. The lowest BCUT2D eigenvalue weighted by Crippen LogP contribution is -2.15. The second-order valence-corrected chi connectivity index (χ2v) is 3.84. The number of imidazole rings is 1. The molecular formula is C13H17N3. The Hall–Kier alpha value is -1.61. The third-order valence-electron chi connectivity index (χ3n) is 2.65. The van der Waals surface area contributed by atoms with E-state index in [4.69, 9.17) is 0 Å². The molecule has 0 unspecified atom stereocenters. The zero-order valence-electron chi connectivity index (χ0n) is 9.77. The topological polar surface area (TPSA) is 29.9 Å². The van der Waals surface area contributed by atoms with Crippen molar-refractivity contribution in [2.75, 3.05) is 13.6 Å². The van der Waals surface area contributed by atoms with Crippen LogP contribution in [-0.4, -0.2) is 23.1 Å². The summed E-state index contributed by atoms with van der Waals surface area (Å²) in [5.41, 5.74) is 2.23. The van der Waals surface area contributed by atoms with Gasteiger partial charge in [-0.05, 0) is 14.0 Å². The Morgan fingerprint density at radius 2 is 2.00 bits per heavy atom. The first-order chi connectivity index (χ1) is 7.81. The Labute approximate surface area is 96.1 Å². The summed E-state index contributed by atoms with van der Waals surface area (Å²) in [6.07, 6.45) is 2.11. The van der Waals surface area contributed by atoms with Crippen LogP contribution < -0.4 is 5.32 Å². The highest BCUT2D eigenvalue weighted by Gasteiger charge is 2.04. The molecule has 84 valence electrons. The van der Waals surface area contributed by atoms with Crippen LogP contribution >= 0.6 is 0 Å². The van der Waals surface area contributed by atoms with Gasteiger partial charge >= 0.3 is 0 Å². The van der Waals surface area contributed by atoms with Gasteiger partial charge in [-0.2, -0.15) is 0 Å². The zero-order chi connectivity index (χ0) is 11.4. The predicted octanol–water partition coefficient (Wildman–Crippen LogP) is 2.08. The molecule has 0 saturated heterocycles. The van der Waals surface area contributed by atoms with Gasteiger partial charge in [0, 0.05) is 24.8 Å². The fourth-order valence-corrected chi connectivity index (χ4v) is 1.72. The third kappa shape index (κ3) is 2.31. The molecule has 0 bridgehead atoms. The van der Waals surface area contributed by atoms with Gasteiger partial charge in [-0.3, -0.25) is 0 Å². The van der Waals surface area contributed by atoms with E-state index in [2.05, 4.69) is 33.2 Å². The molecule has 2 aromatic rings. The number of hydrogen-bond donors (Lipinski definition) is 1. The van der Waals surface area contributed by atoms with Crippen molar-refractivity contribution in [1.82, 2.24) is 14.9 Å². The Kier molecular flexibility index (Phi) is 3.37. The second-order valence-electron chi connectivity index (χ2n) is 3.84. The standard InChI is InChI=1S/C13H17N3/c1-11-15-13(10-16(11)9-8-14-2)12-6-4-3-5-7-12/h3-7,10,14H,8-9H2,1-2H3. The van der Waals surface area contributed by atoms with E-state index in [1.807, 2.05) is 32.2 Å². The number of rotatable bonds is 4. The van der Waals surface area contributed by atoms with Gasteiger partial charge in [0.25, 0.3) is 0 Å². The minimum Gasteiger partial charge on any atom is -0.333 e. The molecule has 1 N–H and O–H groups in total. The number of nitrogens with one attached hydrogen (secondary N) is 1. The molecule has 0 saturated carbocycles. The highest BCUT2D eigenvalue weighted by Crippen LogP contribution is 2.17. The molecule has 3 nitrogen and oxygen atoms in total. The maximum atomic E-state index is 4.57. The van der Waals surface area contributed by atoms with E-state index in [9.17, 15) is 0 Å². The van der Waals surface area contributed by atoms with E-state index in [0.29, 0.717) is 0 Å². The van der Waals surface area contributed by atoms with Gasteiger partial charge in [0.05, 0.1) is 5.69 Å². The maximum absolute atomic E-state index is 4.57. The highest BCUT2D eigenvalue weighted by molar-refractivity contribution is 5.58. The largest absolute Gasteiger partial charge is 0.333 e. The fraction of sp³-hybridized carbons (Fsp3) is 0.308. The molecule has 1 aromatic carbocycles. The number of benzene rings is 1. The van der Waals surface area contributed by atoms with Crippen molar-refractivity contribution in [3.8, 4) is 11.3 Å². The van der Waals surface area contributed by atoms with E-state index in [0.717, 1.165) is 24.6 Å². The molecule has 16 heavy (non-hydrogen) atoms. The van der Waals surface area contributed by atoms with Gasteiger partial charge in [0.2, 0.25) is 0 Å². The van der Waals surface area contributed by atoms with Crippen molar-refractivity contribution in [2.24, 2.45) is 0 Å². The highest BCUT2D eigenvalue weighted by atomic mass is 15.1. The van der Waals surface area contributed by atoms with Crippen LogP contribution in [0.4, 0.5) is 0 Å². The van der Waals surface area contributed by atoms with Crippen LogP contribution in [0.5, 0.6) is 0 Å². The number of likely N-dealkylation sites (N-methyl/N-ethyl adjacent to an activating group) is 1. The Balaban J connectivity index is 2.24. The molecule has 0 amide bonds. The van der Waals surface area contributed by atoms with Crippen LogP contribution in [0.2, 0.25) is 0 Å². The summed E-state index contributed by atoms with van der Waals surface area (Å²) in [5, 5.41) is 3.14. The Bertz CT molecular complexity index is 445. The zero-order valence-corrected chi connectivity index (χ0v) is 9.77. The van der Waals surface area contributed by atoms with Crippen LogP contribution in [0, 0.1) is 6.92 Å². The fourth-order valence-electron chi connectivity index (χ4n) is 1.72. The maximum Gasteiger partial charge on any atom is 0.106 e. The van der Waals surface area contributed by atoms with E-state index < -0.39 is 0 Å². The second kappa shape index (κ2) is 4.94. The molecule has 0 atom stereocenters. The normalized spacial score (nSPS) is 10.6. The van der Waals surface area contributed by atoms with Gasteiger partial charge < -0.3 is 9.88 Å². The molecule has 1 heterocycles. The molecule has 3 heteroatoms. The number of hydrogen-bond acceptors (Lipinski definition) is 2. The molecule has 0 fully saturated rings. The van der Waals surface area contributed by atoms with Crippen molar-refractivity contribution >= 4 is 0 Å². The molecule has 0 spiro atoms.